The zero-order valence-corrected chi connectivity index (χ0v) is 10.7. The minimum absolute atomic E-state index is 0.0415. The average molecular weight is 268 g/mol. The number of aromatic amines is 1. The summed E-state index contributed by atoms with van der Waals surface area (Å²) in [5.74, 6) is 0.148. The Hall–Kier alpha value is -2.94. The first-order chi connectivity index (χ1) is 9.61. The Morgan fingerprint density at radius 2 is 2.30 bits per heavy atom. The number of phenols is 1. The van der Waals surface area contributed by atoms with Gasteiger partial charge in [0.05, 0.1) is 5.92 Å². The van der Waals surface area contributed by atoms with Crippen molar-refractivity contribution in [3.8, 4) is 17.7 Å². The molecule has 100 valence electrons. The third-order valence-corrected chi connectivity index (χ3v) is 3.33. The summed E-state index contributed by atoms with van der Waals surface area (Å²) in [5.41, 5.74) is 8.44. The Kier molecular flexibility index (Phi) is 2.61. The molecular weight excluding hydrogens is 256 g/mol. The number of nitrogens with zero attached hydrogens (tertiary/aromatic N) is 2. The van der Waals surface area contributed by atoms with Crippen LogP contribution in [0.3, 0.4) is 0 Å². The highest BCUT2D eigenvalue weighted by atomic mass is 16.5. The van der Waals surface area contributed by atoms with Crippen molar-refractivity contribution in [2.75, 3.05) is 0 Å². The first-order valence-electron chi connectivity index (χ1n) is 6.03. The van der Waals surface area contributed by atoms with Crippen molar-refractivity contribution in [3.05, 3.63) is 52.5 Å². The Labute approximate surface area is 115 Å². The molecule has 0 fully saturated rings. The second kappa shape index (κ2) is 4.31. The molecule has 0 unspecified atom stereocenters. The van der Waals surface area contributed by atoms with E-state index in [-0.39, 0.29) is 11.6 Å². The molecule has 6 nitrogen and oxygen atoms in total. The molecular formula is C14H12N4O2. The van der Waals surface area contributed by atoms with Crippen LogP contribution in [-0.2, 0) is 0 Å². The van der Waals surface area contributed by atoms with Crippen LogP contribution in [-0.4, -0.2) is 15.3 Å². The quantitative estimate of drug-likeness (QED) is 0.728. The minimum atomic E-state index is -0.394. The molecule has 0 spiro atoms. The van der Waals surface area contributed by atoms with Crippen molar-refractivity contribution < 1.29 is 9.84 Å². The van der Waals surface area contributed by atoms with Gasteiger partial charge in [-0.25, -0.2) is 0 Å². The highest BCUT2D eigenvalue weighted by Crippen LogP contribution is 2.42. The molecule has 0 saturated carbocycles. The van der Waals surface area contributed by atoms with E-state index in [9.17, 15) is 10.4 Å². The van der Waals surface area contributed by atoms with Crippen LogP contribution in [0.4, 0.5) is 0 Å². The van der Waals surface area contributed by atoms with Gasteiger partial charge in [-0.2, -0.15) is 5.26 Å². The Morgan fingerprint density at radius 3 is 3.00 bits per heavy atom. The smallest absolute Gasteiger partial charge is 0.244 e. The van der Waals surface area contributed by atoms with Gasteiger partial charge in [0.2, 0.25) is 11.8 Å². The third kappa shape index (κ3) is 1.68. The van der Waals surface area contributed by atoms with E-state index in [1.54, 1.807) is 18.2 Å². The number of nitrogens with one attached hydrogen (secondary N) is 1. The molecule has 0 aliphatic carbocycles. The van der Waals surface area contributed by atoms with Crippen molar-refractivity contribution in [1.82, 2.24) is 10.2 Å². The number of H-pyrrole nitrogens is 1. The van der Waals surface area contributed by atoms with E-state index in [0.29, 0.717) is 11.5 Å². The summed E-state index contributed by atoms with van der Waals surface area (Å²) in [6, 6.07) is 8.82. The molecule has 1 aromatic carbocycles. The Balaban J connectivity index is 2.25. The number of allylic oxidation sites excluding steroid dienone is 1. The molecule has 1 aliphatic rings. The van der Waals surface area contributed by atoms with E-state index in [0.717, 1.165) is 16.8 Å². The second-order valence-corrected chi connectivity index (χ2v) is 4.59. The maximum atomic E-state index is 9.65. The van der Waals surface area contributed by atoms with Gasteiger partial charge in [-0.1, -0.05) is 12.1 Å². The van der Waals surface area contributed by atoms with Crippen LogP contribution in [0.15, 0.2) is 35.7 Å². The lowest BCUT2D eigenvalue weighted by atomic mass is 9.84. The van der Waals surface area contributed by atoms with Gasteiger partial charge in [0.25, 0.3) is 0 Å². The van der Waals surface area contributed by atoms with Crippen LogP contribution in [0.2, 0.25) is 0 Å². The van der Waals surface area contributed by atoms with Crippen molar-refractivity contribution in [1.29, 1.82) is 5.26 Å². The van der Waals surface area contributed by atoms with E-state index in [2.05, 4.69) is 16.3 Å². The van der Waals surface area contributed by atoms with Gasteiger partial charge in [0.15, 0.2) is 0 Å². The van der Waals surface area contributed by atoms with Crippen molar-refractivity contribution >= 4 is 0 Å². The number of aromatic nitrogens is 2. The number of phenolic OH excluding ortho intramolecular Hbond substituents is 1. The molecule has 4 N–H and O–H groups in total. The lowest BCUT2D eigenvalue weighted by Gasteiger charge is -2.23. The number of rotatable bonds is 1. The molecule has 0 amide bonds. The maximum Gasteiger partial charge on any atom is 0.244 e. The molecule has 2 aromatic rings. The summed E-state index contributed by atoms with van der Waals surface area (Å²) in [6.45, 7) is 1.85. The summed E-state index contributed by atoms with van der Waals surface area (Å²) < 4.78 is 5.37. The summed E-state index contributed by atoms with van der Waals surface area (Å²) in [6.07, 6.45) is 0. The summed E-state index contributed by atoms with van der Waals surface area (Å²) in [5, 5.41) is 25.9. The minimum Gasteiger partial charge on any atom is -0.508 e. The van der Waals surface area contributed by atoms with Crippen LogP contribution < -0.4 is 10.5 Å². The zero-order valence-electron chi connectivity index (χ0n) is 10.7. The van der Waals surface area contributed by atoms with Crippen molar-refractivity contribution in [2.45, 2.75) is 12.8 Å². The van der Waals surface area contributed by atoms with Crippen molar-refractivity contribution in [3.63, 3.8) is 0 Å². The number of hydrogen-bond acceptors (Lipinski definition) is 5. The van der Waals surface area contributed by atoms with Gasteiger partial charge >= 0.3 is 0 Å². The fourth-order valence-electron chi connectivity index (χ4n) is 2.44. The standard InChI is InChI=1S/C14H12N4O2/c1-7-11-12(8-3-2-4-9(19)5-8)10(6-15)13(16)20-14(11)18-17-7/h2-5,12,19H,16H2,1H3,(H,17,18)/t12-/m1/s1. The van der Waals surface area contributed by atoms with E-state index in [1.165, 1.54) is 0 Å². The van der Waals surface area contributed by atoms with Crippen molar-refractivity contribution in [2.24, 2.45) is 5.73 Å². The molecule has 6 heteroatoms. The molecule has 0 radical (unpaired) electrons. The largest absolute Gasteiger partial charge is 0.508 e. The fourth-order valence-corrected chi connectivity index (χ4v) is 2.44. The molecule has 0 bridgehead atoms. The predicted octanol–water partition coefficient (Wildman–Crippen LogP) is 1.64. The predicted molar refractivity (Wildman–Crippen MR) is 70.7 cm³/mol. The molecule has 1 atom stereocenters. The van der Waals surface area contributed by atoms with E-state index in [1.807, 2.05) is 13.0 Å². The molecule has 20 heavy (non-hydrogen) atoms. The molecule has 2 heterocycles. The normalized spacial score (nSPS) is 17.3. The number of hydrogen-bond donors (Lipinski definition) is 3. The third-order valence-electron chi connectivity index (χ3n) is 3.33. The molecule has 3 rings (SSSR count). The topological polar surface area (TPSA) is 108 Å². The van der Waals surface area contributed by atoms with Gasteiger partial charge in [-0.15, -0.1) is 5.10 Å². The number of fused-ring (bicyclic) bond motifs is 1. The number of aromatic hydroxyl groups is 1. The van der Waals surface area contributed by atoms with Gasteiger partial charge in [-0.3, -0.25) is 5.10 Å². The van der Waals surface area contributed by atoms with E-state index in [4.69, 9.17) is 10.5 Å². The lowest BCUT2D eigenvalue weighted by Crippen LogP contribution is -2.21. The zero-order chi connectivity index (χ0) is 14.3. The SMILES string of the molecule is Cc1[nH]nc2c1[C@H](c1cccc(O)c1)C(C#N)=C(N)O2. The summed E-state index contributed by atoms with van der Waals surface area (Å²) >= 11 is 0. The summed E-state index contributed by atoms with van der Waals surface area (Å²) in [7, 11) is 0. The molecule has 0 saturated heterocycles. The Bertz CT molecular complexity index is 755. The lowest BCUT2D eigenvalue weighted by molar-refractivity contribution is 0.378. The van der Waals surface area contributed by atoms with Crippen LogP contribution in [0.1, 0.15) is 22.7 Å². The van der Waals surface area contributed by atoms with Crippen LogP contribution in [0, 0.1) is 18.3 Å². The number of aryl methyl sites for hydroxylation is 1. The number of nitrogens with two attached hydrogens (primary N) is 1. The van der Waals surface area contributed by atoms with E-state index >= 15 is 0 Å². The van der Waals surface area contributed by atoms with E-state index < -0.39 is 5.92 Å². The highest BCUT2D eigenvalue weighted by molar-refractivity contribution is 5.55. The number of benzene rings is 1. The Morgan fingerprint density at radius 1 is 1.50 bits per heavy atom. The van der Waals surface area contributed by atoms with Gasteiger partial charge in [0, 0.05) is 11.3 Å². The van der Waals surface area contributed by atoms with Crippen LogP contribution >= 0.6 is 0 Å². The monoisotopic (exact) mass is 268 g/mol. The highest BCUT2D eigenvalue weighted by Gasteiger charge is 2.34. The maximum absolute atomic E-state index is 9.65. The average Bonchev–Trinajstić information content (AvgIpc) is 2.78. The first-order valence-corrected chi connectivity index (χ1v) is 6.03. The number of nitriles is 1. The summed E-state index contributed by atoms with van der Waals surface area (Å²) in [4.78, 5) is 0. The first kappa shape index (κ1) is 12.1. The van der Waals surface area contributed by atoms with Gasteiger partial charge in [0.1, 0.15) is 17.4 Å². The fraction of sp³-hybridized carbons (Fsp3) is 0.143. The number of ether oxygens (including phenoxy) is 1. The second-order valence-electron chi connectivity index (χ2n) is 4.59. The molecule has 1 aromatic heterocycles. The van der Waals surface area contributed by atoms with Gasteiger partial charge < -0.3 is 15.6 Å². The van der Waals surface area contributed by atoms with Crippen LogP contribution in [0.25, 0.3) is 0 Å². The van der Waals surface area contributed by atoms with Crippen LogP contribution in [0.5, 0.6) is 11.6 Å². The molecule has 1 aliphatic heterocycles. The van der Waals surface area contributed by atoms with Gasteiger partial charge in [-0.05, 0) is 24.6 Å².